The molecule has 0 aliphatic heterocycles. The maximum Gasteiger partial charge on any atom is 0.573 e. The minimum absolute atomic E-state index is 0. The maximum atomic E-state index is 13.4. The van der Waals surface area contributed by atoms with Crippen LogP contribution in [0, 0.1) is 17.8 Å². The van der Waals surface area contributed by atoms with E-state index in [1.807, 2.05) is 0 Å². The molecule has 230 valence electrons. The van der Waals surface area contributed by atoms with Crippen molar-refractivity contribution in [1.29, 1.82) is 0 Å². The van der Waals surface area contributed by atoms with E-state index >= 15 is 0 Å². The smallest absolute Gasteiger partial charge is 0.507 e. The summed E-state index contributed by atoms with van der Waals surface area (Å²) in [5.74, 6) is -3.29. The quantitative estimate of drug-likeness (QED) is 0.315. The molecule has 0 fully saturated rings. The van der Waals surface area contributed by atoms with Crippen molar-refractivity contribution in [3.63, 3.8) is 0 Å². The first-order valence-corrected chi connectivity index (χ1v) is 12.9. The number of hydrogen-bond donors (Lipinski definition) is 3. The predicted octanol–water partition coefficient (Wildman–Crippen LogP) is 3.98. The fourth-order valence-electron chi connectivity index (χ4n) is 5.52. The molecular formula is C29H40F3NO8. The fourth-order valence-corrected chi connectivity index (χ4v) is 5.52. The number of nitrogens with zero attached hydrogens (tertiary/aromatic N) is 1. The molecule has 0 heterocycles. The summed E-state index contributed by atoms with van der Waals surface area (Å²) in [6.45, 7) is 0.581. The first-order valence-electron chi connectivity index (χ1n) is 12.9. The van der Waals surface area contributed by atoms with Crippen LogP contribution in [0.4, 0.5) is 18.9 Å². The highest BCUT2D eigenvalue weighted by atomic mass is 19.4. The summed E-state index contributed by atoms with van der Waals surface area (Å²) < 4.78 is 41.6. The Hall–Kier alpha value is -3.48. The van der Waals surface area contributed by atoms with Crippen LogP contribution in [-0.2, 0) is 16.0 Å². The lowest BCUT2D eigenvalue weighted by Gasteiger charge is -2.33. The van der Waals surface area contributed by atoms with E-state index in [0.29, 0.717) is 29.7 Å². The highest BCUT2D eigenvalue weighted by Gasteiger charge is 2.36. The molecule has 1 aliphatic carbocycles. The molecule has 0 aromatic heterocycles. The molecule has 3 atom stereocenters. The molecule has 1 aliphatic rings. The SMILES string of the molecule is CC(=O)CC(=O)C(CO)C(CCO)CC1CC(=O)c2c(O)c(-c3ccc(OC(F)(F)F)cc3)cc(N(C)C)c2C1.O.[HH].[HH]. The Morgan fingerprint density at radius 2 is 1.78 bits per heavy atom. The topological polar surface area (TPSA) is 156 Å². The van der Waals surface area contributed by atoms with Gasteiger partial charge in [0.1, 0.15) is 23.1 Å². The standard InChI is InChI=1S/C29H34F3NO7.H2O.2H2/c1-16(36)10-25(37)23(15-35)19(8-9-34)11-17-12-22-24(33(2)3)14-21(28(39)27(22)26(38)13-17)18-4-6-20(7-5-18)40-29(30,31)32;;;/h4-7,14,17,19,23,34-35,39H,8-13,15H2,1-3H3;1H2;2*1H. The van der Waals surface area contributed by atoms with Crippen LogP contribution in [0.5, 0.6) is 11.5 Å². The highest BCUT2D eigenvalue weighted by Crippen LogP contribution is 2.45. The number of ketones is 3. The van der Waals surface area contributed by atoms with Crippen molar-refractivity contribution in [3.8, 4) is 22.6 Å². The third-order valence-electron chi connectivity index (χ3n) is 7.25. The molecule has 2 aromatic carbocycles. The number of ether oxygens (including phenoxy) is 1. The molecule has 0 saturated carbocycles. The number of halogens is 3. The summed E-state index contributed by atoms with van der Waals surface area (Å²) in [4.78, 5) is 39.3. The Bertz CT molecular complexity index is 1260. The molecule has 0 spiro atoms. The van der Waals surface area contributed by atoms with Gasteiger partial charge in [-0.1, -0.05) is 12.1 Å². The number of rotatable bonds is 12. The average molecular weight is 588 g/mol. The Kier molecular flexibility index (Phi) is 11.5. The summed E-state index contributed by atoms with van der Waals surface area (Å²) in [6.07, 6.45) is -4.17. The lowest BCUT2D eigenvalue weighted by molar-refractivity contribution is -0.274. The van der Waals surface area contributed by atoms with Crippen molar-refractivity contribution in [2.45, 2.75) is 45.4 Å². The molecule has 0 radical (unpaired) electrons. The van der Waals surface area contributed by atoms with Crippen LogP contribution in [0.25, 0.3) is 11.1 Å². The Balaban J connectivity index is 0.00000588. The van der Waals surface area contributed by atoms with Gasteiger partial charge in [-0.2, -0.15) is 0 Å². The summed E-state index contributed by atoms with van der Waals surface area (Å²) in [5.41, 5.74) is 2.05. The zero-order chi connectivity index (χ0) is 29.8. The normalized spacial score (nSPS) is 16.3. The van der Waals surface area contributed by atoms with Gasteiger partial charge in [-0.3, -0.25) is 14.4 Å². The van der Waals surface area contributed by atoms with Crippen molar-refractivity contribution >= 4 is 23.0 Å². The number of aliphatic hydroxyl groups is 2. The van der Waals surface area contributed by atoms with E-state index in [-0.39, 0.29) is 68.6 Å². The fraction of sp³-hybridized carbons (Fsp3) is 0.483. The van der Waals surface area contributed by atoms with Gasteiger partial charge in [-0.25, -0.2) is 0 Å². The summed E-state index contributed by atoms with van der Waals surface area (Å²) >= 11 is 0. The third kappa shape index (κ3) is 8.27. The summed E-state index contributed by atoms with van der Waals surface area (Å²) in [5, 5.41) is 30.7. The zero-order valence-electron chi connectivity index (χ0n) is 23.1. The van der Waals surface area contributed by atoms with Crippen molar-refractivity contribution in [3.05, 3.63) is 41.5 Å². The summed E-state index contributed by atoms with van der Waals surface area (Å²) in [7, 11) is 3.53. The second-order valence-electron chi connectivity index (χ2n) is 10.5. The number of benzene rings is 2. The zero-order valence-corrected chi connectivity index (χ0v) is 23.1. The number of hydrogen-bond acceptors (Lipinski definition) is 8. The van der Waals surface area contributed by atoms with E-state index in [2.05, 4.69) is 4.74 Å². The highest BCUT2D eigenvalue weighted by molar-refractivity contribution is 6.05. The Morgan fingerprint density at radius 1 is 1.15 bits per heavy atom. The number of aromatic hydroxyl groups is 1. The van der Waals surface area contributed by atoms with Crippen LogP contribution in [0.2, 0.25) is 0 Å². The number of carbonyl (C=O) groups excluding carboxylic acids is 3. The van der Waals surface area contributed by atoms with Gasteiger partial charge >= 0.3 is 6.36 Å². The molecule has 0 bridgehead atoms. The van der Waals surface area contributed by atoms with Gasteiger partial charge in [0.25, 0.3) is 0 Å². The largest absolute Gasteiger partial charge is 0.573 e. The van der Waals surface area contributed by atoms with Crippen molar-refractivity contribution in [2.24, 2.45) is 17.8 Å². The van der Waals surface area contributed by atoms with Crippen LogP contribution in [0.3, 0.4) is 0 Å². The summed E-state index contributed by atoms with van der Waals surface area (Å²) in [6, 6.07) is 6.65. The van der Waals surface area contributed by atoms with Crippen LogP contribution in [0.15, 0.2) is 30.3 Å². The molecule has 9 nitrogen and oxygen atoms in total. The molecule has 5 N–H and O–H groups in total. The van der Waals surface area contributed by atoms with E-state index in [1.54, 1.807) is 25.1 Å². The number of fused-ring (bicyclic) bond motifs is 1. The van der Waals surface area contributed by atoms with Crippen LogP contribution >= 0.6 is 0 Å². The lowest BCUT2D eigenvalue weighted by atomic mass is 9.73. The minimum Gasteiger partial charge on any atom is -0.507 e. The van der Waals surface area contributed by atoms with Crippen molar-refractivity contribution < 1.29 is 55.9 Å². The van der Waals surface area contributed by atoms with E-state index < -0.39 is 36.3 Å². The van der Waals surface area contributed by atoms with Crippen LogP contribution in [-0.4, -0.2) is 71.8 Å². The number of phenolic OH excluding ortho intramolecular Hbond substituents is 1. The molecule has 12 heteroatoms. The second kappa shape index (κ2) is 13.9. The van der Waals surface area contributed by atoms with E-state index in [9.17, 15) is 42.9 Å². The minimum atomic E-state index is -4.84. The first-order chi connectivity index (χ1) is 18.7. The third-order valence-corrected chi connectivity index (χ3v) is 7.25. The molecular weight excluding hydrogens is 547 g/mol. The molecule has 3 rings (SSSR count). The van der Waals surface area contributed by atoms with Crippen LogP contribution in [0.1, 0.15) is 51.4 Å². The molecule has 41 heavy (non-hydrogen) atoms. The maximum absolute atomic E-state index is 13.4. The van der Waals surface area contributed by atoms with Gasteiger partial charge < -0.3 is 30.4 Å². The molecule has 2 aromatic rings. The molecule has 3 unspecified atom stereocenters. The van der Waals surface area contributed by atoms with Gasteiger partial charge in [0, 0.05) is 47.1 Å². The van der Waals surface area contributed by atoms with Crippen LogP contribution < -0.4 is 9.64 Å². The van der Waals surface area contributed by atoms with E-state index in [0.717, 1.165) is 12.1 Å². The predicted molar refractivity (Wildman–Crippen MR) is 149 cm³/mol. The Morgan fingerprint density at radius 3 is 2.29 bits per heavy atom. The number of aliphatic hydroxyl groups excluding tert-OH is 2. The number of Topliss-reactive ketones (excluding diaryl/α,β-unsaturated/α-hetero) is 3. The van der Waals surface area contributed by atoms with Crippen molar-refractivity contribution in [1.82, 2.24) is 0 Å². The van der Waals surface area contributed by atoms with E-state index in [4.69, 9.17) is 0 Å². The van der Waals surface area contributed by atoms with Gasteiger partial charge in [0.15, 0.2) is 5.78 Å². The van der Waals surface area contributed by atoms with E-state index in [1.165, 1.54) is 19.1 Å². The molecule has 0 amide bonds. The average Bonchev–Trinajstić information content (AvgIpc) is 2.83. The first kappa shape index (κ1) is 33.7. The Labute approximate surface area is 238 Å². The number of alkyl halides is 3. The monoisotopic (exact) mass is 587 g/mol. The number of phenols is 1. The lowest BCUT2D eigenvalue weighted by Crippen LogP contribution is -2.33. The number of carbonyl (C=O) groups is 3. The second-order valence-corrected chi connectivity index (χ2v) is 10.5. The van der Waals surface area contributed by atoms with Gasteiger partial charge in [-0.05, 0) is 67.3 Å². The van der Waals surface area contributed by atoms with Crippen molar-refractivity contribution in [2.75, 3.05) is 32.2 Å². The number of anilines is 1. The van der Waals surface area contributed by atoms with Gasteiger partial charge in [0.05, 0.1) is 18.6 Å². The van der Waals surface area contributed by atoms with Gasteiger partial charge in [0.2, 0.25) is 0 Å². The molecule has 0 saturated heterocycles. The van der Waals surface area contributed by atoms with Gasteiger partial charge in [-0.15, -0.1) is 13.2 Å².